The third-order valence-electron chi connectivity index (χ3n) is 21.8. The molecule has 0 spiro atoms. The van der Waals surface area contributed by atoms with Crippen molar-refractivity contribution < 1.29 is 0 Å². The van der Waals surface area contributed by atoms with Gasteiger partial charge in [0.15, 0.2) is 0 Å². The highest BCUT2D eigenvalue weighted by Gasteiger charge is 2.26. The zero-order valence-corrected chi connectivity index (χ0v) is 57.7. The van der Waals surface area contributed by atoms with Crippen LogP contribution in [0.1, 0.15) is 22.3 Å². The van der Waals surface area contributed by atoms with Crippen molar-refractivity contribution in [3.63, 3.8) is 0 Å². The molecule has 104 heavy (non-hydrogen) atoms. The molecule has 0 atom stereocenters. The monoisotopic (exact) mass is 1320 g/mol. The SMILES string of the molecule is Cc1c2c(-c3cccc(-c4cc5ccccc5c5ccccc45)c3)nc3ccccc3c2c(C)c2c(-c3ccc(-c4cccc(-c5ccnc(-c6cccc(-c7nc8ccccc8c8c(C)c9c(-c%10cccc(-c%11ccccn%11)c%10)nc%10ccccc%10c9c(C)c78)c6)c5)c4)cc3)nc3ccccc3c12. The first-order chi connectivity index (χ1) is 51.2. The summed E-state index contributed by atoms with van der Waals surface area (Å²) >= 11 is 0. The maximum Gasteiger partial charge on any atom is 0.0791 e. The lowest BCUT2D eigenvalue weighted by molar-refractivity contribution is 1.32. The average Bonchev–Trinajstić information content (AvgIpc) is 0.714. The van der Waals surface area contributed by atoms with Crippen LogP contribution in [0, 0.1) is 27.7 Å². The van der Waals surface area contributed by atoms with Crippen molar-refractivity contribution in [2.75, 3.05) is 0 Å². The van der Waals surface area contributed by atoms with Crippen LogP contribution in [-0.2, 0) is 0 Å². The zero-order valence-electron chi connectivity index (χ0n) is 57.7. The van der Waals surface area contributed by atoms with Crippen LogP contribution in [0.3, 0.4) is 0 Å². The molecule has 0 bridgehead atoms. The first-order valence-corrected chi connectivity index (χ1v) is 35.6. The Morgan fingerprint density at radius 1 is 0.192 bits per heavy atom. The van der Waals surface area contributed by atoms with E-state index in [2.05, 4.69) is 319 Å². The molecule has 6 heterocycles. The van der Waals surface area contributed by atoms with Crippen molar-refractivity contribution in [3.8, 4) is 101 Å². The molecule has 0 amide bonds. The minimum absolute atomic E-state index is 0.881. The van der Waals surface area contributed by atoms with E-state index in [1.807, 2.05) is 24.5 Å². The highest BCUT2D eigenvalue weighted by molar-refractivity contribution is 6.28. The lowest BCUT2D eigenvalue weighted by atomic mass is 9.85. The summed E-state index contributed by atoms with van der Waals surface area (Å²) < 4.78 is 0. The van der Waals surface area contributed by atoms with Gasteiger partial charge in [-0.15, -0.1) is 0 Å². The summed E-state index contributed by atoms with van der Waals surface area (Å²) in [6, 6.07) is 109. The molecular weight excluding hydrogens is 1260 g/mol. The van der Waals surface area contributed by atoms with Crippen molar-refractivity contribution in [2.45, 2.75) is 27.7 Å². The molecule has 0 aliphatic rings. The Morgan fingerprint density at radius 2 is 0.538 bits per heavy atom. The van der Waals surface area contributed by atoms with Crippen LogP contribution in [-0.4, -0.2) is 29.9 Å². The lowest BCUT2D eigenvalue weighted by Gasteiger charge is -2.21. The summed E-state index contributed by atoms with van der Waals surface area (Å²) in [5, 5.41) is 18.8. The van der Waals surface area contributed by atoms with Gasteiger partial charge in [-0.05, 0) is 205 Å². The largest absolute Gasteiger partial charge is 0.256 e. The van der Waals surface area contributed by atoms with Crippen LogP contribution < -0.4 is 0 Å². The molecule has 0 aliphatic carbocycles. The van der Waals surface area contributed by atoms with Gasteiger partial charge in [0.25, 0.3) is 0 Å². The van der Waals surface area contributed by atoms with Gasteiger partial charge in [-0.25, -0.2) is 19.9 Å². The van der Waals surface area contributed by atoms with E-state index in [0.717, 1.165) is 161 Å². The van der Waals surface area contributed by atoms with E-state index in [9.17, 15) is 0 Å². The van der Waals surface area contributed by atoms with Gasteiger partial charge in [0, 0.05) is 88.9 Å². The highest BCUT2D eigenvalue weighted by atomic mass is 14.7. The molecule has 6 nitrogen and oxygen atoms in total. The number of rotatable bonds is 9. The van der Waals surface area contributed by atoms with Crippen LogP contribution in [0.4, 0.5) is 0 Å². The van der Waals surface area contributed by atoms with Gasteiger partial charge in [-0.3, -0.25) is 9.97 Å². The van der Waals surface area contributed by atoms with Crippen molar-refractivity contribution in [1.82, 2.24) is 29.9 Å². The second-order valence-electron chi connectivity index (χ2n) is 27.6. The number of benzene rings is 14. The third-order valence-corrected chi connectivity index (χ3v) is 21.8. The van der Waals surface area contributed by atoms with Gasteiger partial charge in [-0.1, -0.05) is 224 Å². The summed E-state index contributed by atoms with van der Waals surface area (Å²) in [7, 11) is 0. The predicted molar refractivity (Wildman–Crippen MR) is 436 cm³/mol. The number of nitrogens with zero attached hydrogens (tertiary/aromatic N) is 6. The number of pyridine rings is 6. The van der Waals surface area contributed by atoms with E-state index >= 15 is 0 Å². The van der Waals surface area contributed by atoms with Gasteiger partial charge in [0.2, 0.25) is 0 Å². The number of hydrogen-bond acceptors (Lipinski definition) is 6. The molecule has 20 aromatic rings. The first-order valence-electron chi connectivity index (χ1n) is 35.6. The topological polar surface area (TPSA) is 77.3 Å². The summed E-state index contributed by atoms with van der Waals surface area (Å²) in [6.45, 7) is 9.15. The Balaban J connectivity index is 0.667. The fourth-order valence-electron chi connectivity index (χ4n) is 17.0. The molecule has 486 valence electrons. The van der Waals surface area contributed by atoms with Crippen LogP contribution >= 0.6 is 0 Å². The van der Waals surface area contributed by atoms with E-state index in [1.54, 1.807) is 0 Å². The molecular formula is C98H64N6. The van der Waals surface area contributed by atoms with E-state index in [0.29, 0.717) is 0 Å². The van der Waals surface area contributed by atoms with E-state index in [-0.39, 0.29) is 0 Å². The fraction of sp³-hybridized carbons (Fsp3) is 0.0408. The molecule has 0 saturated carbocycles. The van der Waals surface area contributed by atoms with E-state index in [1.165, 1.54) is 70.9 Å². The van der Waals surface area contributed by atoms with Gasteiger partial charge >= 0.3 is 0 Å². The highest BCUT2D eigenvalue weighted by Crippen LogP contribution is 2.49. The van der Waals surface area contributed by atoms with Crippen LogP contribution in [0.2, 0.25) is 0 Å². The van der Waals surface area contributed by atoms with Gasteiger partial charge in [0.05, 0.1) is 56.2 Å². The van der Waals surface area contributed by atoms with Crippen molar-refractivity contribution >= 4 is 108 Å². The van der Waals surface area contributed by atoms with Gasteiger partial charge in [0.1, 0.15) is 0 Å². The van der Waals surface area contributed by atoms with E-state index < -0.39 is 0 Å². The molecule has 0 radical (unpaired) electrons. The van der Waals surface area contributed by atoms with Crippen molar-refractivity contribution in [2.24, 2.45) is 0 Å². The normalized spacial score (nSPS) is 11.8. The predicted octanol–water partition coefficient (Wildman–Crippen LogP) is 25.8. The molecule has 0 saturated heterocycles. The summed E-state index contributed by atoms with van der Waals surface area (Å²) in [6.07, 6.45) is 3.79. The third kappa shape index (κ3) is 9.71. The minimum Gasteiger partial charge on any atom is -0.256 e. The molecule has 0 N–H and O–H groups in total. The van der Waals surface area contributed by atoms with Gasteiger partial charge < -0.3 is 0 Å². The lowest BCUT2D eigenvalue weighted by Crippen LogP contribution is -1.99. The first kappa shape index (κ1) is 60.5. The van der Waals surface area contributed by atoms with Crippen molar-refractivity contribution in [1.29, 1.82) is 0 Å². The number of aryl methyl sites for hydroxylation is 4. The zero-order chi connectivity index (χ0) is 69.3. The Hall–Kier alpha value is -13.4. The minimum atomic E-state index is 0.881. The number of aromatic nitrogens is 6. The summed E-state index contributed by atoms with van der Waals surface area (Å²) in [4.78, 5) is 32.1. The Kier molecular flexibility index (Phi) is 14.1. The number of para-hydroxylation sites is 4. The maximum absolute atomic E-state index is 5.61. The smallest absolute Gasteiger partial charge is 0.0791 e. The molecule has 0 aliphatic heterocycles. The fourth-order valence-corrected chi connectivity index (χ4v) is 17.0. The van der Waals surface area contributed by atoms with E-state index in [4.69, 9.17) is 29.9 Å². The Labute approximate surface area is 601 Å². The molecule has 0 fully saturated rings. The molecule has 6 aromatic heterocycles. The second kappa shape index (κ2) is 24.2. The van der Waals surface area contributed by atoms with Crippen LogP contribution in [0.25, 0.3) is 209 Å². The molecule has 6 heteroatoms. The second-order valence-corrected chi connectivity index (χ2v) is 27.6. The summed E-state index contributed by atoms with van der Waals surface area (Å²) in [5.41, 5.74) is 27.2. The summed E-state index contributed by atoms with van der Waals surface area (Å²) in [5.74, 6) is 0. The van der Waals surface area contributed by atoms with Crippen LogP contribution in [0.15, 0.2) is 316 Å². The van der Waals surface area contributed by atoms with Crippen molar-refractivity contribution in [3.05, 3.63) is 338 Å². The van der Waals surface area contributed by atoms with Crippen LogP contribution in [0.5, 0.6) is 0 Å². The van der Waals surface area contributed by atoms with Gasteiger partial charge in [-0.2, -0.15) is 0 Å². The number of hydrogen-bond donors (Lipinski definition) is 0. The molecule has 20 rings (SSSR count). The maximum atomic E-state index is 5.61. The molecule has 14 aromatic carbocycles. The molecule has 0 unspecified atom stereocenters. The number of fused-ring (bicyclic) bond motifs is 15. The standard InChI is InChI=1S/C98H64N6/c1-57-88-77-36-10-14-41-83(77)102-96(70-29-20-26-66(52-70)80-55-67-23-5-6-32-73(67)74-33-7-8-34-75(74)80)92(88)58(2)87-76-35-9-13-40-82(76)101-95(91(57)87)62-46-44-61(45-47-62)63-24-19-25-64(51-63)65-48-50-100-86(56-65)69-28-22-31-72(54-69)98-94-60(4)89-78-37-11-15-42-84(78)103-97(71-30-21-27-68(53-71)81-39-17-18-49-99-81)93(89)59(3)90(94)79-38-12-16-43-85(79)104-98/h5-56H,1-4H3. The Bertz CT molecular complexity index is 7020. The quantitative estimate of drug-likeness (QED) is 0.106. The average molecular weight is 1330 g/mol. The Morgan fingerprint density at radius 3 is 1.03 bits per heavy atom.